The van der Waals surface area contributed by atoms with Gasteiger partial charge in [0.05, 0.1) is 10.7 Å². The summed E-state index contributed by atoms with van der Waals surface area (Å²) in [5, 5.41) is 12.1. The van der Waals surface area contributed by atoms with Crippen LogP contribution in [-0.4, -0.2) is 48.0 Å². The predicted molar refractivity (Wildman–Crippen MR) is 133 cm³/mol. The van der Waals surface area contributed by atoms with Gasteiger partial charge in [0.2, 0.25) is 5.91 Å². The number of carbonyl (C=O) groups excluding carboxylic acids is 2. The van der Waals surface area contributed by atoms with Gasteiger partial charge in [0.1, 0.15) is 0 Å². The zero-order valence-electron chi connectivity index (χ0n) is 18.2. The molecule has 2 heterocycles. The molecule has 0 spiro atoms. The van der Waals surface area contributed by atoms with Crippen LogP contribution < -0.4 is 10.6 Å². The van der Waals surface area contributed by atoms with E-state index in [-0.39, 0.29) is 45.7 Å². The van der Waals surface area contributed by atoms with Gasteiger partial charge in [-0.15, -0.1) is 12.4 Å². The van der Waals surface area contributed by atoms with E-state index < -0.39 is 17.4 Å². The van der Waals surface area contributed by atoms with E-state index in [0.717, 1.165) is 32.5 Å². The highest BCUT2D eigenvalue weighted by atomic mass is 35.5. The highest BCUT2D eigenvalue weighted by Gasteiger charge is 2.53. The Morgan fingerprint density at radius 3 is 2.45 bits per heavy atom. The maximum absolute atomic E-state index is 13.6. The molecule has 2 amide bonds. The average molecular weight is 511 g/mol. The summed E-state index contributed by atoms with van der Waals surface area (Å²) in [5.41, 5.74) is 5.65. The number of likely N-dealkylation sites (tertiary alicyclic amines) is 1. The number of piperidine rings is 1. The molecule has 0 saturated carbocycles. The highest BCUT2D eigenvalue weighted by Crippen LogP contribution is 2.49. The van der Waals surface area contributed by atoms with Crippen LogP contribution in [0.1, 0.15) is 41.3 Å². The molecular weight excluding hydrogens is 485 g/mol. The lowest BCUT2D eigenvalue weighted by Crippen LogP contribution is -2.41. The average Bonchev–Trinajstić information content (AvgIpc) is 3.00. The van der Waals surface area contributed by atoms with Crippen LogP contribution in [0.2, 0.25) is 10.0 Å². The van der Waals surface area contributed by atoms with Gasteiger partial charge in [-0.05, 0) is 37.6 Å². The number of anilines is 1. The van der Waals surface area contributed by atoms with E-state index in [1.807, 2.05) is 6.08 Å². The van der Waals surface area contributed by atoms with E-state index in [9.17, 15) is 14.7 Å². The highest BCUT2D eigenvalue weighted by molar-refractivity contribution is 6.35. The molecule has 33 heavy (non-hydrogen) atoms. The van der Waals surface area contributed by atoms with E-state index in [2.05, 4.69) is 11.8 Å². The predicted octanol–water partition coefficient (Wildman–Crippen LogP) is 4.14. The van der Waals surface area contributed by atoms with Crippen LogP contribution in [0.25, 0.3) is 0 Å². The molecule has 2 aromatic carbocycles. The smallest absolute Gasteiger partial charge is 0.268 e. The standard InChI is InChI=1S/C24H25Cl2N3O3.ClH/c1-2-28-10-7-15(8-11-28)9-12-29-20-14-16(22(27)30)13-19(26)21(20)24(32,23(29)31)17-5-3-4-6-18(17)25;/h3-6,9,13-14,32H,2,7-8,10-12H2,1H3,(H2,27,30);1H. The molecule has 6 nitrogen and oxygen atoms in total. The van der Waals surface area contributed by atoms with Gasteiger partial charge in [-0.1, -0.05) is 60.0 Å². The Labute approximate surface area is 209 Å². The van der Waals surface area contributed by atoms with Crippen LogP contribution in [0.4, 0.5) is 5.69 Å². The fraction of sp³-hybridized carbons (Fsp3) is 0.333. The zero-order chi connectivity index (χ0) is 23.0. The van der Waals surface area contributed by atoms with Crippen molar-refractivity contribution in [1.29, 1.82) is 0 Å². The van der Waals surface area contributed by atoms with Gasteiger partial charge in [0.25, 0.3) is 5.91 Å². The second-order valence-electron chi connectivity index (χ2n) is 8.12. The third kappa shape index (κ3) is 4.51. The topological polar surface area (TPSA) is 86.9 Å². The molecule has 0 aromatic heterocycles. The second kappa shape index (κ2) is 10.0. The Morgan fingerprint density at radius 2 is 1.85 bits per heavy atom. The monoisotopic (exact) mass is 509 g/mol. The van der Waals surface area contributed by atoms with Crippen LogP contribution in [0, 0.1) is 0 Å². The largest absolute Gasteiger partial charge is 0.372 e. The number of hydrogen-bond acceptors (Lipinski definition) is 4. The number of fused-ring (bicyclic) bond motifs is 1. The molecule has 0 radical (unpaired) electrons. The summed E-state index contributed by atoms with van der Waals surface area (Å²) in [6.45, 7) is 5.37. The molecule has 4 rings (SSSR count). The first kappa shape index (κ1) is 25.5. The van der Waals surface area contributed by atoms with Crippen molar-refractivity contribution in [3.8, 4) is 0 Å². The van der Waals surface area contributed by atoms with Crippen molar-refractivity contribution in [3.05, 3.63) is 74.8 Å². The van der Waals surface area contributed by atoms with E-state index in [4.69, 9.17) is 28.9 Å². The van der Waals surface area contributed by atoms with Gasteiger partial charge in [0.15, 0.2) is 5.60 Å². The number of nitrogens with two attached hydrogens (primary N) is 1. The summed E-state index contributed by atoms with van der Waals surface area (Å²) < 4.78 is 0. The van der Waals surface area contributed by atoms with Crippen LogP contribution in [-0.2, 0) is 10.4 Å². The fourth-order valence-corrected chi connectivity index (χ4v) is 5.11. The summed E-state index contributed by atoms with van der Waals surface area (Å²) in [4.78, 5) is 29.3. The summed E-state index contributed by atoms with van der Waals surface area (Å²) in [6.07, 6.45) is 3.89. The van der Waals surface area contributed by atoms with Crippen LogP contribution in [0.15, 0.2) is 48.0 Å². The van der Waals surface area contributed by atoms with E-state index in [0.29, 0.717) is 5.69 Å². The lowest BCUT2D eigenvalue weighted by atomic mass is 9.87. The summed E-state index contributed by atoms with van der Waals surface area (Å²) in [6, 6.07) is 9.52. The fourth-order valence-electron chi connectivity index (χ4n) is 4.48. The van der Waals surface area contributed by atoms with Crippen molar-refractivity contribution in [2.75, 3.05) is 31.1 Å². The minimum absolute atomic E-state index is 0. The summed E-state index contributed by atoms with van der Waals surface area (Å²) in [5.74, 6) is -1.23. The first-order valence-corrected chi connectivity index (χ1v) is 11.4. The maximum atomic E-state index is 13.6. The van der Waals surface area contributed by atoms with E-state index >= 15 is 0 Å². The maximum Gasteiger partial charge on any atom is 0.268 e. The number of halogens is 3. The summed E-state index contributed by atoms with van der Waals surface area (Å²) >= 11 is 12.9. The lowest BCUT2D eigenvalue weighted by Gasteiger charge is -2.27. The lowest BCUT2D eigenvalue weighted by molar-refractivity contribution is -0.132. The van der Waals surface area contributed by atoms with Crippen LogP contribution in [0.5, 0.6) is 0 Å². The number of hydrogen-bond donors (Lipinski definition) is 2. The number of carbonyl (C=O) groups is 2. The van der Waals surface area contributed by atoms with Gasteiger partial charge in [-0.25, -0.2) is 0 Å². The number of rotatable bonds is 5. The Bertz CT molecular complexity index is 1110. The minimum Gasteiger partial charge on any atom is -0.372 e. The second-order valence-corrected chi connectivity index (χ2v) is 8.93. The Hall–Kier alpha value is -2.09. The van der Waals surface area contributed by atoms with Gasteiger partial charge >= 0.3 is 0 Å². The van der Waals surface area contributed by atoms with Crippen molar-refractivity contribution in [1.82, 2.24) is 4.90 Å². The zero-order valence-corrected chi connectivity index (χ0v) is 20.5. The SMILES string of the molecule is CCN1CCC(=CCN2C(=O)C(O)(c3ccccc3Cl)c3c(Cl)cc(C(N)=O)cc32)CC1.Cl. The molecule has 0 bridgehead atoms. The first-order valence-electron chi connectivity index (χ1n) is 10.6. The first-order chi connectivity index (χ1) is 15.3. The van der Waals surface area contributed by atoms with Crippen molar-refractivity contribution in [2.45, 2.75) is 25.4 Å². The third-order valence-corrected chi connectivity index (χ3v) is 6.96. The number of benzene rings is 2. The van der Waals surface area contributed by atoms with E-state index in [1.54, 1.807) is 24.3 Å². The number of amides is 2. The molecule has 1 atom stereocenters. The Kier molecular flexibility index (Phi) is 7.76. The van der Waals surface area contributed by atoms with Crippen molar-refractivity contribution in [3.63, 3.8) is 0 Å². The number of primary amides is 1. The third-order valence-electron chi connectivity index (χ3n) is 6.33. The molecule has 3 N–H and O–H groups in total. The summed E-state index contributed by atoms with van der Waals surface area (Å²) in [7, 11) is 0. The van der Waals surface area contributed by atoms with Crippen LogP contribution in [0.3, 0.4) is 0 Å². The molecule has 2 aliphatic rings. The van der Waals surface area contributed by atoms with Crippen molar-refractivity contribution >= 4 is 53.1 Å². The molecular formula is C24H26Cl3N3O3. The molecule has 176 valence electrons. The van der Waals surface area contributed by atoms with Crippen LogP contribution >= 0.6 is 35.6 Å². The van der Waals surface area contributed by atoms with Gasteiger partial charge < -0.3 is 20.6 Å². The van der Waals surface area contributed by atoms with Gasteiger partial charge in [-0.3, -0.25) is 9.59 Å². The molecule has 1 unspecified atom stereocenters. The van der Waals surface area contributed by atoms with Gasteiger partial charge in [0, 0.05) is 41.3 Å². The molecule has 2 aliphatic heterocycles. The van der Waals surface area contributed by atoms with Crippen molar-refractivity contribution < 1.29 is 14.7 Å². The molecule has 0 aliphatic carbocycles. The number of aliphatic hydroxyl groups is 1. The Morgan fingerprint density at radius 1 is 1.18 bits per heavy atom. The molecule has 1 saturated heterocycles. The van der Waals surface area contributed by atoms with E-state index in [1.165, 1.54) is 22.6 Å². The quantitative estimate of drug-likeness (QED) is 0.592. The normalized spacial score (nSPS) is 20.4. The van der Waals surface area contributed by atoms with Crippen molar-refractivity contribution in [2.24, 2.45) is 5.73 Å². The molecule has 1 fully saturated rings. The van der Waals surface area contributed by atoms with Gasteiger partial charge in [-0.2, -0.15) is 0 Å². The Balaban J connectivity index is 0.00000306. The number of nitrogens with zero attached hydrogens (tertiary/aromatic N) is 2. The minimum atomic E-state index is -2.06. The molecule has 2 aromatic rings. The molecule has 9 heteroatoms.